The second-order valence-corrected chi connectivity index (χ2v) is 6.44. The van der Waals surface area contributed by atoms with Gasteiger partial charge in [0.05, 0.1) is 25.2 Å². The summed E-state index contributed by atoms with van der Waals surface area (Å²) in [5.74, 6) is -1.47. The standard InChI is InChI=1S/C19H20N4O5/c1-11-5-6-16(28-2)12(8-11)22-17(24)15-4-3-7-23(15)18(25)13-9-21-14(10-20-13)19(26)27/h5-6,8-10,15H,3-4,7H2,1-2H3,(H,22,24)(H,26,27). The number of carbonyl (C=O) groups is 3. The zero-order chi connectivity index (χ0) is 20.3. The van der Waals surface area contributed by atoms with E-state index in [1.165, 1.54) is 12.0 Å². The van der Waals surface area contributed by atoms with Crippen LogP contribution in [0.4, 0.5) is 5.69 Å². The Morgan fingerprint density at radius 3 is 2.57 bits per heavy atom. The zero-order valence-electron chi connectivity index (χ0n) is 15.5. The molecule has 0 radical (unpaired) electrons. The molecule has 2 heterocycles. The normalized spacial score (nSPS) is 15.9. The van der Waals surface area contributed by atoms with Gasteiger partial charge in [0.1, 0.15) is 17.5 Å². The molecule has 2 aromatic rings. The van der Waals surface area contributed by atoms with Gasteiger partial charge in [0.2, 0.25) is 5.91 Å². The van der Waals surface area contributed by atoms with Gasteiger partial charge in [-0.25, -0.2) is 14.8 Å². The number of aryl methyl sites for hydroxylation is 1. The number of aromatic carboxylic acids is 1. The van der Waals surface area contributed by atoms with E-state index in [1.807, 2.05) is 13.0 Å². The number of benzene rings is 1. The summed E-state index contributed by atoms with van der Waals surface area (Å²) in [7, 11) is 1.52. The quantitative estimate of drug-likeness (QED) is 0.805. The van der Waals surface area contributed by atoms with Gasteiger partial charge in [-0.1, -0.05) is 6.07 Å². The van der Waals surface area contributed by atoms with Gasteiger partial charge in [-0.2, -0.15) is 0 Å². The highest BCUT2D eigenvalue weighted by atomic mass is 16.5. The molecule has 1 aliphatic heterocycles. The number of hydrogen-bond donors (Lipinski definition) is 2. The Morgan fingerprint density at radius 1 is 1.21 bits per heavy atom. The molecule has 146 valence electrons. The first-order valence-electron chi connectivity index (χ1n) is 8.72. The summed E-state index contributed by atoms with van der Waals surface area (Å²) in [6, 6.07) is 4.79. The van der Waals surface area contributed by atoms with Gasteiger partial charge in [0.25, 0.3) is 5.91 Å². The monoisotopic (exact) mass is 384 g/mol. The number of nitrogens with one attached hydrogen (secondary N) is 1. The van der Waals surface area contributed by atoms with Crippen LogP contribution in [0, 0.1) is 6.92 Å². The van der Waals surface area contributed by atoms with E-state index >= 15 is 0 Å². The van der Waals surface area contributed by atoms with E-state index in [-0.39, 0.29) is 17.3 Å². The fourth-order valence-corrected chi connectivity index (χ4v) is 3.11. The molecule has 9 heteroatoms. The van der Waals surface area contributed by atoms with Gasteiger partial charge < -0.3 is 20.1 Å². The van der Waals surface area contributed by atoms with Crippen molar-refractivity contribution in [3.05, 3.63) is 47.5 Å². The summed E-state index contributed by atoms with van der Waals surface area (Å²) in [6.45, 7) is 2.31. The van der Waals surface area contributed by atoms with Gasteiger partial charge in [-0.15, -0.1) is 0 Å². The fourth-order valence-electron chi connectivity index (χ4n) is 3.11. The SMILES string of the molecule is COc1ccc(C)cc1NC(=O)C1CCCN1C(=O)c1cnc(C(=O)O)cn1. The highest BCUT2D eigenvalue weighted by Gasteiger charge is 2.35. The first-order chi connectivity index (χ1) is 13.4. The molecule has 0 aliphatic carbocycles. The third-order valence-electron chi connectivity index (χ3n) is 4.52. The average Bonchev–Trinajstić information content (AvgIpc) is 3.17. The molecule has 1 saturated heterocycles. The van der Waals surface area contributed by atoms with E-state index in [1.54, 1.807) is 12.1 Å². The summed E-state index contributed by atoms with van der Waals surface area (Å²) >= 11 is 0. The Morgan fingerprint density at radius 2 is 1.93 bits per heavy atom. The van der Waals surface area contributed by atoms with Gasteiger partial charge in [-0.3, -0.25) is 9.59 Å². The molecule has 1 aromatic carbocycles. The van der Waals surface area contributed by atoms with Crippen molar-refractivity contribution in [2.24, 2.45) is 0 Å². The number of carboxylic acid groups (broad SMARTS) is 1. The first-order valence-corrected chi connectivity index (χ1v) is 8.72. The van der Waals surface area contributed by atoms with Crippen molar-refractivity contribution in [2.45, 2.75) is 25.8 Å². The molecular formula is C19H20N4O5. The van der Waals surface area contributed by atoms with Crippen LogP contribution in [0.15, 0.2) is 30.6 Å². The Balaban J connectivity index is 1.76. The summed E-state index contributed by atoms with van der Waals surface area (Å²) < 4.78 is 5.28. The second-order valence-electron chi connectivity index (χ2n) is 6.44. The smallest absolute Gasteiger partial charge is 0.356 e. The Bertz CT molecular complexity index is 913. The van der Waals surface area contributed by atoms with Gasteiger partial charge in [-0.05, 0) is 37.5 Å². The third kappa shape index (κ3) is 3.93. The molecule has 1 aliphatic rings. The fraction of sp³-hybridized carbons (Fsp3) is 0.316. The maximum atomic E-state index is 12.8. The van der Waals surface area contributed by atoms with Gasteiger partial charge >= 0.3 is 5.97 Å². The molecule has 2 N–H and O–H groups in total. The predicted molar refractivity (Wildman–Crippen MR) is 99.4 cm³/mol. The van der Waals surface area contributed by atoms with Crippen LogP contribution >= 0.6 is 0 Å². The van der Waals surface area contributed by atoms with Crippen LogP contribution < -0.4 is 10.1 Å². The maximum Gasteiger partial charge on any atom is 0.356 e. The van der Waals surface area contributed by atoms with Crippen LogP contribution in [0.5, 0.6) is 5.75 Å². The summed E-state index contributed by atoms with van der Waals surface area (Å²) in [5.41, 5.74) is 1.25. The summed E-state index contributed by atoms with van der Waals surface area (Å²) in [4.78, 5) is 45.4. The Hall–Kier alpha value is -3.49. The Kier molecular flexibility index (Phi) is 5.53. The lowest BCUT2D eigenvalue weighted by Gasteiger charge is -2.24. The van der Waals surface area contributed by atoms with E-state index in [9.17, 15) is 14.4 Å². The number of carboxylic acids is 1. The van der Waals surface area contributed by atoms with Gasteiger partial charge in [0, 0.05) is 6.54 Å². The van der Waals surface area contributed by atoms with E-state index in [4.69, 9.17) is 9.84 Å². The minimum absolute atomic E-state index is 0.00200. The lowest BCUT2D eigenvalue weighted by molar-refractivity contribution is -0.119. The largest absolute Gasteiger partial charge is 0.495 e. The van der Waals surface area contributed by atoms with Crippen molar-refractivity contribution >= 4 is 23.5 Å². The minimum atomic E-state index is -1.22. The molecule has 28 heavy (non-hydrogen) atoms. The molecule has 1 aromatic heterocycles. The van der Waals surface area contributed by atoms with Crippen molar-refractivity contribution in [1.82, 2.24) is 14.9 Å². The molecule has 1 unspecified atom stereocenters. The van der Waals surface area contributed by atoms with E-state index < -0.39 is 17.9 Å². The van der Waals surface area contributed by atoms with Crippen LogP contribution in [0.3, 0.4) is 0 Å². The van der Waals surface area contributed by atoms with E-state index in [0.717, 1.165) is 18.0 Å². The molecule has 1 atom stereocenters. The van der Waals surface area contributed by atoms with Gasteiger partial charge in [0.15, 0.2) is 5.69 Å². The number of amides is 2. The summed E-state index contributed by atoms with van der Waals surface area (Å²) in [5, 5.41) is 11.7. The van der Waals surface area contributed by atoms with E-state index in [0.29, 0.717) is 30.8 Å². The predicted octanol–water partition coefficient (Wildman–Crippen LogP) is 1.74. The Labute approximate surface area is 161 Å². The number of hydrogen-bond acceptors (Lipinski definition) is 6. The molecule has 0 saturated carbocycles. The number of carbonyl (C=O) groups excluding carboxylic acids is 2. The van der Waals surface area contributed by atoms with Crippen LogP contribution in [0.2, 0.25) is 0 Å². The van der Waals surface area contributed by atoms with Crippen LogP contribution in [0.1, 0.15) is 39.4 Å². The van der Waals surface area contributed by atoms with Crippen LogP contribution in [0.25, 0.3) is 0 Å². The molecule has 2 amide bonds. The van der Waals surface area contributed by atoms with Crippen LogP contribution in [-0.4, -0.2) is 57.5 Å². The van der Waals surface area contributed by atoms with Crippen molar-refractivity contribution in [2.75, 3.05) is 19.0 Å². The first kappa shape index (κ1) is 19.3. The number of aromatic nitrogens is 2. The lowest BCUT2D eigenvalue weighted by Crippen LogP contribution is -2.43. The number of methoxy groups -OCH3 is 1. The average molecular weight is 384 g/mol. The third-order valence-corrected chi connectivity index (χ3v) is 4.52. The number of likely N-dealkylation sites (tertiary alicyclic amines) is 1. The van der Waals surface area contributed by atoms with E-state index in [2.05, 4.69) is 15.3 Å². The second kappa shape index (κ2) is 8.03. The number of nitrogens with zero attached hydrogens (tertiary/aromatic N) is 3. The lowest BCUT2D eigenvalue weighted by atomic mass is 10.1. The minimum Gasteiger partial charge on any atom is -0.495 e. The molecule has 0 bridgehead atoms. The number of ether oxygens (including phenoxy) is 1. The molecular weight excluding hydrogens is 364 g/mol. The number of rotatable bonds is 5. The van der Waals surface area contributed by atoms with Crippen molar-refractivity contribution in [1.29, 1.82) is 0 Å². The highest BCUT2D eigenvalue weighted by Crippen LogP contribution is 2.27. The van der Waals surface area contributed by atoms with Crippen molar-refractivity contribution < 1.29 is 24.2 Å². The summed E-state index contributed by atoms with van der Waals surface area (Å²) in [6.07, 6.45) is 3.34. The van der Waals surface area contributed by atoms with Crippen LogP contribution in [-0.2, 0) is 4.79 Å². The maximum absolute atomic E-state index is 12.8. The van der Waals surface area contributed by atoms with Crippen molar-refractivity contribution in [3.63, 3.8) is 0 Å². The molecule has 0 spiro atoms. The van der Waals surface area contributed by atoms with Crippen molar-refractivity contribution in [3.8, 4) is 5.75 Å². The molecule has 9 nitrogen and oxygen atoms in total. The topological polar surface area (TPSA) is 122 Å². The number of anilines is 1. The molecule has 3 rings (SSSR count). The molecule has 1 fully saturated rings. The zero-order valence-corrected chi connectivity index (χ0v) is 15.5. The highest BCUT2D eigenvalue weighted by molar-refractivity contribution is 6.01.